The van der Waals surface area contributed by atoms with E-state index in [1.54, 1.807) is 27.1 Å². The van der Waals surface area contributed by atoms with E-state index in [1.807, 2.05) is 6.19 Å². The molecule has 1 N–H and O–H groups in total. The Bertz CT molecular complexity index is 341. The second-order valence-corrected chi connectivity index (χ2v) is 2.57. The van der Waals surface area contributed by atoms with Gasteiger partial charge in [0.25, 0.3) is 0 Å². The van der Waals surface area contributed by atoms with Crippen molar-refractivity contribution in [3.05, 3.63) is 11.9 Å². The number of nitriles is 1. The van der Waals surface area contributed by atoms with Gasteiger partial charge in [-0.15, -0.1) is 0 Å². The molecule has 1 aromatic heterocycles. The smallest absolute Gasteiger partial charge is 0.185 e. The Balaban J connectivity index is 3.10. The van der Waals surface area contributed by atoms with Gasteiger partial charge in [0.05, 0.1) is 0 Å². The molecule has 68 valence electrons. The average molecular weight is 177 g/mol. The van der Waals surface area contributed by atoms with E-state index in [2.05, 4.69) is 15.3 Å². The number of aryl methyl sites for hydroxylation is 1. The predicted octanol–water partition coefficient (Wildman–Crippen LogP) is 0.744. The Kier molecular flexibility index (Phi) is 2.65. The lowest BCUT2D eigenvalue weighted by Crippen LogP contribution is -2.11. The van der Waals surface area contributed by atoms with Crippen molar-refractivity contribution in [3.63, 3.8) is 0 Å². The summed E-state index contributed by atoms with van der Waals surface area (Å²) in [6, 6.07) is 1.72. The van der Waals surface area contributed by atoms with E-state index < -0.39 is 0 Å². The van der Waals surface area contributed by atoms with Crippen molar-refractivity contribution < 1.29 is 0 Å². The van der Waals surface area contributed by atoms with Gasteiger partial charge in [0, 0.05) is 20.2 Å². The summed E-state index contributed by atoms with van der Waals surface area (Å²) in [4.78, 5) is 9.60. The molecule has 0 unspecified atom stereocenters. The van der Waals surface area contributed by atoms with Gasteiger partial charge in [0.2, 0.25) is 0 Å². The minimum atomic E-state index is 0.597. The predicted molar refractivity (Wildman–Crippen MR) is 50.3 cm³/mol. The summed E-state index contributed by atoms with van der Waals surface area (Å²) in [5, 5.41) is 11.5. The van der Waals surface area contributed by atoms with Crippen molar-refractivity contribution in [1.29, 1.82) is 5.26 Å². The number of rotatable bonds is 2. The first-order valence-electron chi connectivity index (χ1n) is 3.84. The zero-order chi connectivity index (χ0) is 9.84. The maximum Gasteiger partial charge on any atom is 0.185 e. The van der Waals surface area contributed by atoms with E-state index in [1.165, 1.54) is 4.90 Å². The number of aromatic nitrogens is 2. The van der Waals surface area contributed by atoms with Crippen LogP contribution < -0.4 is 10.2 Å². The molecular weight excluding hydrogens is 166 g/mol. The fourth-order valence-electron chi connectivity index (χ4n) is 0.903. The molecule has 13 heavy (non-hydrogen) atoms. The Morgan fingerprint density at radius 3 is 2.77 bits per heavy atom. The lowest BCUT2D eigenvalue weighted by molar-refractivity contribution is 1.01. The van der Waals surface area contributed by atoms with E-state index in [-0.39, 0.29) is 0 Å². The summed E-state index contributed by atoms with van der Waals surface area (Å²) in [5.74, 6) is 1.95. The van der Waals surface area contributed by atoms with Gasteiger partial charge in [0.15, 0.2) is 6.19 Å². The minimum Gasteiger partial charge on any atom is -0.373 e. The van der Waals surface area contributed by atoms with E-state index >= 15 is 0 Å². The van der Waals surface area contributed by atoms with Gasteiger partial charge in [-0.1, -0.05) is 0 Å². The molecule has 0 fully saturated rings. The SMILES string of the molecule is CNc1cc(N(C)C#N)nc(C)n1. The first-order chi connectivity index (χ1) is 6.17. The van der Waals surface area contributed by atoms with Crippen molar-refractivity contribution in [2.45, 2.75) is 6.92 Å². The maximum absolute atomic E-state index is 8.64. The molecule has 1 heterocycles. The topological polar surface area (TPSA) is 64.8 Å². The highest BCUT2D eigenvalue weighted by atomic mass is 15.2. The molecular formula is C8H11N5. The fraction of sp³-hybridized carbons (Fsp3) is 0.375. The highest BCUT2D eigenvalue weighted by Gasteiger charge is 2.03. The molecule has 0 bridgehead atoms. The van der Waals surface area contributed by atoms with Gasteiger partial charge in [-0.2, -0.15) is 5.26 Å². The quantitative estimate of drug-likeness (QED) is 0.533. The fourth-order valence-corrected chi connectivity index (χ4v) is 0.903. The van der Waals surface area contributed by atoms with Crippen molar-refractivity contribution in [2.24, 2.45) is 0 Å². The standard InChI is InChI=1S/C8H11N5/c1-6-11-7(10-2)4-8(12-6)13(3)5-9/h4H,1-3H3,(H,10,11,12). The van der Waals surface area contributed by atoms with E-state index in [4.69, 9.17) is 5.26 Å². The van der Waals surface area contributed by atoms with Crippen molar-refractivity contribution in [3.8, 4) is 6.19 Å². The molecule has 0 atom stereocenters. The Hall–Kier alpha value is -1.83. The third-order valence-corrected chi connectivity index (χ3v) is 1.57. The molecule has 0 aromatic carbocycles. The summed E-state index contributed by atoms with van der Waals surface area (Å²) >= 11 is 0. The van der Waals surface area contributed by atoms with Crippen LogP contribution in [0.4, 0.5) is 11.6 Å². The van der Waals surface area contributed by atoms with Crippen LogP contribution in [0.25, 0.3) is 0 Å². The number of anilines is 2. The molecule has 0 saturated heterocycles. The van der Waals surface area contributed by atoms with Gasteiger partial charge in [-0.25, -0.2) is 9.97 Å². The van der Waals surface area contributed by atoms with E-state index in [0.717, 1.165) is 0 Å². The van der Waals surface area contributed by atoms with Crippen LogP contribution in [0.5, 0.6) is 0 Å². The molecule has 0 saturated carbocycles. The highest BCUT2D eigenvalue weighted by Crippen LogP contribution is 2.12. The molecule has 0 radical (unpaired) electrons. The number of hydrogen-bond acceptors (Lipinski definition) is 5. The first kappa shape index (κ1) is 9.26. The van der Waals surface area contributed by atoms with Crippen molar-refractivity contribution in [2.75, 3.05) is 24.3 Å². The van der Waals surface area contributed by atoms with Crippen molar-refractivity contribution in [1.82, 2.24) is 9.97 Å². The Morgan fingerprint density at radius 2 is 2.23 bits per heavy atom. The van der Waals surface area contributed by atoms with Crippen LogP contribution in [0.2, 0.25) is 0 Å². The second kappa shape index (κ2) is 3.72. The largest absolute Gasteiger partial charge is 0.373 e. The molecule has 0 spiro atoms. The molecule has 0 aliphatic heterocycles. The Morgan fingerprint density at radius 1 is 1.54 bits per heavy atom. The molecule has 1 rings (SSSR count). The zero-order valence-electron chi connectivity index (χ0n) is 7.87. The minimum absolute atomic E-state index is 0.597. The van der Waals surface area contributed by atoms with Gasteiger partial charge < -0.3 is 5.32 Å². The molecule has 1 aromatic rings. The molecule has 0 aliphatic carbocycles. The molecule has 5 nitrogen and oxygen atoms in total. The lowest BCUT2D eigenvalue weighted by Gasteiger charge is -2.09. The number of nitrogens with one attached hydrogen (secondary N) is 1. The van der Waals surface area contributed by atoms with E-state index in [0.29, 0.717) is 17.5 Å². The maximum atomic E-state index is 8.64. The monoisotopic (exact) mass is 177 g/mol. The first-order valence-corrected chi connectivity index (χ1v) is 3.84. The second-order valence-electron chi connectivity index (χ2n) is 2.57. The molecule has 0 aliphatic rings. The van der Waals surface area contributed by atoms with Crippen LogP contribution in [0.3, 0.4) is 0 Å². The van der Waals surface area contributed by atoms with Crippen LogP contribution in [0.15, 0.2) is 6.07 Å². The third-order valence-electron chi connectivity index (χ3n) is 1.57. The Labute approximate surface area is 77.0 Å². The normalized spacial score (nSPS) is 9.08. The summed E-state index contributed by atoms with van der Waals surface area (Å²) in [7, 11) is 3.43. The number of hydrogen-bond donors (Lipinski definition) is 1. The summed E-state index contributed by atoms with van der Waals surface area (Å²) in [6.07, 6.45) is 1.98. The van der Waals surface area contributed by atoms with Gasteiger partial charge in [-0.3, -0.25) is 4.90 Å². The number of nitrogens with zero attached hydrogens (tertiary/aromatic N) is 4. The van der Waals surface area contributed by atoms with Crippen molar-refractivity contribution >= 4 is 11.6 Å². The molecule has 5 heteroatoms. The summed E-state index contributed by atoms with van der Waals surface area (Å²) in [6.45, 7) is 1.79. The van der Waals surface area contributed by atoms with Crippen LogP contribution in [0, 0.1) is 18.4 Å². The summed E-state index contributed by atoms with van der Waals surface area (Å²) in [5.41, 5.74) is 0. The third kappa shape index (κ3) is 2.06. The summed E-state index contributed by atoms with van der Waals surface area (Å²) < 4.78 is 0. The van der Waals surface area contributed by atoms with Crippen LogP contribution in [0.1, 0.15) is 5.82 Å². The lowest BCUT2D eigenvalue weighted by atomic mass is 10.4. The van der Waals surface area contributed by atoms with Gasteiger partial charge >= 0.3 is 0 Å². The van der Waals surface area contributed by atoms with Crippen LogP contribution in [-0.4, -0.2) is 24.1 Å². The van der Waals surface area contributed by atoms with Gasteiger partial charge in [-0.05, 0) is 6.92 Å². The van der Waals surface area contributed by atoms with Crippen LogP contribution >= 0.6 is 0 Å². The molecule has 0 amide bonds. The van der Waals surface area contributed by atoms with E-state index in [9.17, 15) is 0 Å². The zero-order valence-corrected chi connectivity index (χ0v) is 7.87. The van der Waals surface area contributed by atoms with Crippen LogP contribution in [-0.2, 0) is 0 Å². The average Bonchev–Trinajstić information content (AvgIpc) is 2.15. The highest BCUT2D eigenvalue weighted by molar-refractivity contribution is 5.50. The van der Waals surface area contributed by atoms with Gasteiger partial charge in [0.1, 0.15) is 17.5 Å².